The van der Waals surface area contributed by atoms with Crippen LogP contribution in [0.3, 0.4) is 0 Å². The van der Waals surface area contributed by atoms with E-state index in [1.54, 1.807) is 38.1 Å². The van der Waals surface area contributed by atoms with Gasteiger partial charge in [-0.25, -0.2) is 9.78 Å². The van der Waals surface area contributed by atoms with Crippen molar-refractivity contribution < 1.29 is 28.8 Å². The van der Waals surface area contributed by atoms with E-state index in [4.69, 9.17) is 9.26 Å². The van der Waals surface area contributed by atoms with Crippen molar-refractivity contribution in [3.05, 3.63) is 46.3 Å². The number of aromatic nitrogens is 3. The number of carbonyl (C=O) groups excluding carboxylic acids is 2. The summed E-state index contributed by atoms with van der Waals surface area (Å²) >= 11 is 0.904. The number of nitrogens with one attached hydrogen (secondary N) is 2. The van der Waals surface area contributed by atoms with Crippen LogP contribution >= 0.6 is 11.3 Å². The molecule has 202 valence electrons. The fourth-order valence-corrected chi connectivity index (χ4v) is 4.96. The number of nitrogens with zero attached hydrogens (tertiary/aromatic N) is 4. The highest BCUT2D eigenvalue weighted by Crippen LogP contribution is 2.23. The van der Waals surface area contributed by atoms with Gasteiger partial charge < -0.3 is 25.0 Å². The summed E-state index contributed by atoms with van der Waals surface area (Å²) in [4.78, 5) is 48.0. The van der Waals surface area contributed by atoms with E-state index in [2.05, 4.69) is 30.7 Å². The van der Waals surface area contributed by atoms with Gasteiger partial charge >= 0.3 is 5.97 Å². The topological polar surface area (TPSA) is 160 Å². The highest BCUT2D eigenvalue weighted by atomic mass is 32.1. The quantitative estimate of drug-likeness (QED) is 0.329. The fourth-order valence-electron chi connectivity index (χ4n) is 4.14. The number of aromatic carboxylic acids is 1. The van der Waals surface area contributed by atoms with Crippen LogP contribution in [0.1, 0.15) is 50.9 Å². The Kier molecular flexibility index (Phi) is 9.15. The van der Waals surface area contributed by atoms with E-state index < -0.39 is 12.0 Å². The Hall–Kier alpha value is -3.68. The second kappa shape index (κ2) is 12.7. The second-order valence-electron chi connectivity index (χ2n) is 8.98. The monoisotopic (exact) mass is 542 g/mol. The average Bonchev–Trinajstić information content (AvgIpc) is 3.49. The van der Waals surface area contributed by atoms with Crippen LogP contribution in [0.2, 0.25) is 0 Å². The zero-order valence-electron chi connectivity index (χ0n) is 21.2. The molecule has 0 saturated carbocycles. The predicted octanol–water partition coefficient (Wildman–Crippen LogP) is 2.75. The minimum atomic E-state index is -1.09. The van der Waals surface area contributed by atoms with Crippen LogP contribution in [-0.4, -0.2) is 81.8 Å². The number of hydrogen-bond donors (Lipinski definition) is 3. The zero-order chi connectivity index (χ0) is 27.1. The predicted molar refractivity (Wildman–Crippen MR) is 139 cm³/mol. The van der Waals surface area contributed by atoms with E-state index in [9.17, 15) is 19.5 Å². The minimum Gasteiger partial charge on any atom is -0.477 e. The maximum atomic E-state index is 13.2. The van der Waals surface area contributed by atoms with E-state index >= 15 is 0 Å². The van der Waals surface area contributed by atoms with Gasteiger partial charge in [0.05, 0.1) is 18.9 Å². The van der Waals surface area contributed by atoms with E-state index in [1.807, 2.05) is 0 Å². The number of amides is 2. The lowest BCUT2D eigenvalue weighted by atomic mass is 10.0. The molecular weight excluding hydrogens is 512 g/mol. The van der Waals surface area contributed by atoms with Gasteiger partial charge in [0.1, 0.15) is 4.88 Å². The third-order valence-electron chi connectivity index (χ3n) is 6.05. The Morgan fingerprint density at radius 2 is 1.97 bits per heavy atom. The number of hydrogen-bond acceptors (Lipinski definition) is 10. The van der Waals surface area contributed by atoms with E-state index in [1.165, 1.54) is 0 Å². The van der Waals surface area contributed by atoms with Crippen LogP contribution in [-0.2, 0) is 9.53 Å². The molecular formula is C25H30N6O6S. The maximum Gasteiger partial charge on any atom is 0.347 e. The number of anilines is 1. The molecule has 1 fully saturated rings. The molecule has 0 bridgehead atoms. The molecule has 1 aliphatic rings. The Morgan fingerprint density at radius 3 is 2.66 bits per heavy atom. The zero-order valence-corrected chi connectivity index (χ0v) is 22.0. The highest BCUT2D eigenvalue weighted by molar-refractivity contribution is 7.17. The van der Waals surface area contributed by atoms with Gasteiger partial charge in [0, 0.05) is 43.6 Å². The summed E-state index contributed by atoms with van der Waals surface area (Å²) in [5.74, 6) is -0.963. The van der Waals surface area contributed by atoms with Crippen molar-refractivity contribution >= 4 is 34.3 Å². The molecule has 13 heteroatoms. The van der Waals surface area contributed by atoms with Gasteiger partial charge in [-0.1, -0.05) is 28.6 Å². The molecule has 0 aliphatic carbocycles. The van der Waals surface area contributed by atoms with Gasteiger partial charge in [-0.2, -0.15) is 4.98 Å². The molecule has 0 spiro atoms. The van der Waals surface area contributed by atoms with Gasteiger partial charge in [-0.15, -0.1) is 0 Å². The summed E-state index contributed by atoms with van der Waals surface area (Å²) in [7, 11) is 0. The summed E-state index contributed by atoms with van der Waals surface area (Å²) in [6.45, 7) is 7.21. The molecule has 1 atom stereocenters. The fraction of sp³-hybridized carbons (Fsp3) is 0.440. The molecule has 1 unspecified atom stereocenters. The van der Waals surface area contributed by atoms with Crippen molar-refractivity contribution in [1.82, 2.24) is 25.3 Å². The largest absolute Gasteiger partial charge is 0.477 e. The average molecular weight is 543 g/mol. The number of benzene rings is 1. The number of ether oxygens (including phenoxy) is 1. The van der Waals surface area contributed by atoms with Gasteiger partial charge in [0.25, 0.3) is 5.91 Å². The molecule has 38 heavy (non-hydrogen) atoms. The number of rotatable bonds is 11. The molecule has 1 aromatic carbocycles. The molecule has 1 aliphatic heterocycles. The summed E-state index contributed by atoms with van der Waals surface area (Å²) in [5, 5.41) is 19.0. The molecule has 2 aromatic heterocycles. The maximum absolute atomic E-state index is 13.2. The first-order valence-electron chi connectivity index (χ1n) is 12.3. The highest BCUT2D eigenvalue weighted by Gasteiger charge is 2.21. The third-order valence-corrected chi connectivity index (χ3v) is 7.11. The van der Waals surface area contributed by atoms with Crippen molar-refractivity contribution in [3.63, 3.8) is 0 Å². The molecule has 3 heterocycles. The van der Waals surface area contributed by atoms with Crippen molar-refractivity contribution in [2.75, 3.05) is 38.2 Å². The van der Waals surface area contributed by atoms with Gasteiger partial charge in [0.2, 0.25) is 17.6 Å². The SMILES string of the molecule is Cc1nc(-c2cccc(C(=O)NC(CCCN3CCOCC3)CC(=O)Nc3nc(C)c(C(=O)O)s3)c2)no1. The molecule has 12 nitrogen and oxygen atoms in total. The molecule has 3 N–H and O–H groups in total. The summed E-state index contributed by atoms with van der Waals surface area (Å²) in [6, 6.07) is 6.44. The Bertz CT molecular complexity index is 1280. The van der Waals surface area contributed by atoms with Crippen LogP contribution in [0, 0.1) is 13.8 Å². The van der Waals surface area contributed by atoms with Gasteiger partial charge in [-0.05, 0) is 38.4 Å². The van der Waals surface area contributed by atoms with Gasteiger partial charge in [0.15, 0.2) is 5.13 Å². The third kappa shape index (κ3) is 7.43. The first-order valence-corrected chi connectivity index (χ1v) is 13.1. The van der Waals surface area contributed by atoms with Crippen LogP contribution in [0.5, 0.6) is 0 Å². The van der Waals surface area contributed by atoms with Crippen molar-refractivity contribution in [1.29, 1.82) is 0 Å². The van der Waals surface area contributed by atoms with Crippen LogP contribution in [0.15, 0.2) is 28.8 Å². The van der Waals surface area contributed by atoms with Crippen molar-refractivity contribution in [2.24, 2.45) is 0 Å². The molecule has 1 saturated heterocycles. The summed E-state index contributed by atoms with van der Waals surface area (Å²) in [5.41, 5.74) is 1.39. The Morgan fingerprint density at radius 1 is 1.18 bits per heavy atom. The van der Waals surface area contributed by atoms with Crippen molar-refractivity contribution in [2.45, 2.75) is 39.2 Å². The molecule has 3 aromatic rings. The van der Waals surface area contributed by atoms with Crippen molar-refractivity contribution in [3.8, 4) is 11.4 Å². The first-order chi connectivity index (χ1) is 18.3. The van der Waals surface area contributed by atoms with E-state index in [-0.39, 0.29) is 28.2 Å². The van der Waals surface area contributed by atoms with Crippen LogP contribution < -0.4 is 10.6 Å². The Balaban J connectivity index is 1.42. The van der Waals surface area contributed by atoms with Crippen LogP contribution in [0.4, 0.5) is 5.13 Å². The van der Waals surface area contributed by atoms with E-state index in [0.717, 1.165) is 37.4 Å². The standard InChI is InChI=1S/C25H30N6O6S/c1-15-21(24(34)35)38-25(26-15)29-20(32)14-19(7-4-8-31-9-11-36-12-10-31)28-23(33)18-6-3-5-17(13-18)22-27-16(2)37-30-22/h3,5-6,13,19H,4,7-12,14H2,1-2H3,(H,28,33)(H,34,35)(H,26,29,32). The number of carbonyl (C=O) groups is 3. The number of carboxylic acid groups (broad SMARTS) is 1. The Labute approximate surface area is 223 Å². The second-order valence-corrected chi connectivity index (χ2v) is 9.97. The number of carboxylic acids is 1. The minimum absolute atomic E-state index is 0.0135. The summed E-state index contributed by atoms with van der Waals surface area (Å²) in [6.07, 6.45) is 1.37. The molecule has 0 radical (unpaired) electrons. The number of thiazole rings is 1. The lowest BCUT2D eigenvalue weighted by Crippen LogP contribution is -2.40. The first kappa shape index (κ1) is 27.4. The number of aryl methyl sites for hydroxylation is 2. The molecule has 2 amide bonds. The van der Waals surface area contributed by atoms with Crippen LogP contribution in [0.25, 0.3) is 11.4 Å². The number of morpholine rings is 1. The summed E-state index contributed by atoms with van der Waals surface area (Å²) < 4.78 is 10.4. The molecule has 4 rings (SSSR count). The lowest BCUT2D eigenvalue weighted by molar-refractivity contribution is -0.116. The normalized spacial score (nSPS) is 14.7. The smallest absolute Gasteiger partial charge is 0.347 e. The lowest BCUT2D eigenvalue weighted by Gasteiger charge is -2.27. The van der Waals surface area contributed by atoms with E-state index in [0.29, 0.717) is 48.2 Å². The van der Waals surface area contributed by atoms with Gasteiger partial charge in [-0.3, -0.25) is 14.5 Å².